The Morgan fingerprint density at radius 2 is 2.25 bits per heavy atom. The van der Waals surface area contributed by atoms with Gasteiger partial charge in [-0.05, 0) is 6.07 Å². The summed E-state index contributed by atoms with van der Waals surface area (Å²) in [4.78, 5) is 3.82. The maximum Gasteiger partial charge on any atom is 0.110 e. The van der Waals surface area contributed by atoms with Crippen LogP contribution >= 0.6 is 0 Å². The summed E-state index contributed by atoms with van der Waals surface area (Å²) in [5.74, 6) is 0. The molecular weight excluding hydrogens is 154 g/mol. The zero-order chi connectivity index (χ0) is 8.97. The third-order valence-electron chi connectivity index (χ3n) is 1.59. The average molecular weight is 165 g/mol. The topological polar surface area (TPSA) is 53.4 Å². The van der Waals surface area contributed by atoms with Crippen LogP contribution in [-0.4, -0.2) is 21.3 Å². The van der Waals surface area contributed by atoms with Gasteiger partial charge in [0.1, 0.15) is 12.2 Å². The van der Waals surface area contributed by atoms with Crippen LogP contribution in [0.1, 0.15) is 11.7 Å². The predicted molar refractivity (Wildman–Crippen MR) is 45.4 cm³/mol. The van der Waals surface area contributed by atoms with Gasteiger partial charge in [-0.1, -0.05) is 12.1 Å². The minimum Gasteiger partial charge on any atom is -0.386 e. The number of pyridine rings is 1. The van der Waals surface area contributed by atoms with E-state index in [2.05, 4.69) is 11.6 Å². The molecule has 64 valence electrons. The van der Waals surface area contributed by atoms with Crippen molar-refractivity contribution >= 4 is 0 Å². The van der Waals surface area contributed by atoms with E-state index in [1.165, 1.54) is 12.3 Å². The van der Waals surface area contributed by atoms with E-state index in [0.717, 1.165) is 0 Å². The molecule has 0 radical (unpaired) electrons. The lowest BCUT2D eigenvalue weighted by Crippen LogP contribution is -2.14. The molecule has 0 bridgehead atoms. The highest BCUT2D eigenvalue weighted by Gasteiger charge is 2.14. The molecule has 0 spiro atoms. The third-order valence-corrected chi connectivity index (χ3v) is 1.59. The lowest BCUT2D eigenvalue weighted by molar-refractivity contribution is 0.0482. The first-order valence-electron chi connectivity index (χ1n) is 3.64. The van der Waals surface area contributed by atoms with Crippen molar-refractivity contribution < 1.29 is 10.2 Å². The Hall–Kier alpha value is -1.19. The Balaban J connectivity index is 2.78. The summed E-state index contributed by atoms with van der Waals surface area (Å²) in [5, 5.41) is 18.6. The van der Waals surface area contributed by atoms with E-state index >= 15 is 0 Å². The van der Waals surface area contributed by atoms with Crippen LogP contribution < -0.4 is 0 Å². The fourth-order valence-electron chi connectivity index (χ4n) is 0.877. The second kappa shape index (κ2) is 3.99. The number of hydrogen-bond donors (Lipinski definition) is 2. The van der Waals surface area contributed by atoms with Gasteiger partial charge in [0.2, 0.25) is 0 Å². The monoisotopic (exact) mass is 165 g/mol. The molecule has 0 aromatic carbocycles. The van der Waals surface area contributed by atoms with Crippen LogP contribution in [0.25, 0.3) is 0 Å². The van der Waals surface area contributed by atoms with Gasteiger partial charge in [-0.2, -0.15) is 0 Å². The Morgan fingerprint density at radius 1 is 1.50 bits per heavy atom. The van der Waals surface area contributed by atoms with Crippen LogP contribution in [0.5, 0.6) is 0 Å². The normalized spacial score (nSPS) is 15.2. The molecule has 1 aromatic rings. The predicted octanol–water partition coefficient (Wildman–Crippen LogP) is 0.662. The molecule has 2 atom stereocenters. The molecule has 12 heavy (non-hydrogen) atoms. The summed E-state index contributed by atoms with van der Waals surface area (Å²) in [6.07, 6.45) is 2.54. The van der Waals surface area contributed by atoms with Gasteiger partial charge in [-0.25, -0.2) is 0 Å². The summed E-state index contributed by atoms with van der Waals surface area (Å²) in [5.41, 5.74) is 0.588. The fourth-order valence-corrected chi connectivity index (χ4v) is 0.877. The molecule has 0 aliphatic carbocycles. The van der Waals surface area contributed by atoms with E-state index in [4.69, 9.17) is 0 Å². The van der Waals surface area contributed by atoms with Crippen molar-refractivity contribution in [3.05, 3.63) is 42.7 Å². The number of aliphatic hydroxyl groups excluding tert-OH is 2. The smallest absolute Gasteiger partial charge is 0.110 e. The fraction of sp³-hybridized carbons (Fsp3) is 0.222. The van der Waals surface area contributed by atoms with Gasteiger partial charge in [0.25, 0.3) is 0 Å². The van der Waals surface area contributed by atoms with Crippen LogP contribution in [0.15, 0.2) is 37.2 Å². The Kier molecular flexibility index (Phi) is 2.96. The van der Waals surface area contributed by atoms with Crippen molar-refractivity contribution in [2.24, 2.45) is 0 Å². The van der Waals surface area contributed by atoms with Crippen molar-refractivity contribution in [3.63, 3.8) is 0 Å². The molecule has 0 amide bonds. The quantitative estimate of drug-likeness (QED) is 0.647. The van der Waals surface area contributed by atoms with Crippen LogP contribution in [0.2, 0.25) is 0 Å². The highest BCUT2D eigenvalue weighted by atomic mass is 16.3. The van der Waals surface area contributed by atoms with E-state index in [0.29, 0.717) is 5.56 Å². The van der Waals surface area contributed by atoms with Crippen molar-refractivity contribution in [2.75, 3.05) is 0 Å². The van der Waals surface area contributed by atoms with Crippen LogP contribution in [0.4, 0.5) is 0 Å². The van der Waals surface area contributed by atoms with E-state index < -0.39 is 12.2 Å². The summed E-state index contributed by atoms with van der Waals surface area (Å²) in [7, 11) is 0. The van der Waals surface area contributed by atoms with Gasteiger partial charge >= 0.3 is 0 Å². The number of nitrogens with zero attached hydrogens (tertiary/aromatic N) is 1. The van der Waals surface area contributed by atoms with Crippen molar-refractivity contribution in [1.82, 2.24) is 4.98 Å². The van der Waals surface area contributed by atoms with E-state index in [1.807, 2.05) is 0 Å². The van der Waals surface area contributed by atoms with Gasteiger partial charge in [0, 0.05) is 18.0 Å². The zero-order valence-electron chi connectivity index (χ0n) is 6.59. The molecule has 0 fully saturated rings. The van der Waals surface area contributed by atoms with E-state index in [-0.39, 0.29) is 0 Å². The maximum absolute atomic E-state index is 9.43. The number of rotatable bonds is 3. The molecule has 1 aromatic heterocycles. The maximum atomic E-state index is 9.43. The standard InChI is InChI=1S/C9H11NO2/c1-2-8(11)9(12)7-4-3-5-10-6-7/h2-6,8-9,11-12H,1H2. The summed E-state index contributed by atoms with van der Waals surface area (Å²) >= 11 is 0. The first kappa shape index (κ1) is 8.90. The largest absolute Gasteiger partial charge is 0.386 e. The highest BCUT2D eigenvalue weighted by Crippen LogP contribution is 2.15. The van der Waals surface area contributed by atoms with Crippen molar-refractivity contribution in [2.45, 2.75) is 12.2 Å². The molecule has 3 nitrogen and oxygen atoms in total. The zero-order valence-corrected chi connectivity index (χ0v) is 6.59. The Labute approximate surface area is 71.0 Å². The molecule has 0 aliphatic heterocycles. The summed E-state index contributed by atoms with van der Waals surface area (Å²) in [6.45, 7) is 3.38. The molecule has 1 rings (SSSR count). The first-order chi connectivity index (χ1) is 5.75. The molecule has 0 saturated carbocycles. The molecule has 0 aliphatic rings. The van der Waals surface area contributed by atoms with Gasteiger partial charge < -0.3 is 10.2 Å². The molecule has 3 heteroatoms. The van der Waals surface area contributed by atoms with Gasteiger partial charge in [-0.3, -0.25) is 4.98 Å². The SMILES string of the molecule is C=CC(O)C(O)c1cccnc1. The second-order valence-electron chi connectivity index (χ2n) is 2.46. The van der Waals surface area contributed by atoms with E-state index in [1.54, 1.807) is 18.3 Å². The van der Waals surface area contributed by atoms with E-state index in [9.17, 15) is 10.2 Å². The lowest BCUT2D eigenvalue weighted by atomic mass is 10.1. The van der Waals surface area contributed by atoms with Crippen molar-refractivity contribution in [3.8, 4) is 0 Å². The Bertz CT molecular complexity index is 248. The summed E-state index contributed by atoms with van der Waals surface area (Å²) < 4.78 is 0. The average Bonchev–Trinajstić information content (AvgIpc) is 2.17. The molecular formula is C9H11NO2. The van der Waals surface area contributed by atoms with Crippen LogP contribution in [0.3, 0.4) is 0 Å². The second-order valence-corrected chi connectivity index (χ2v) is 2.46. The van der Waals surface area contributed by atoms with Gasteiger partial charge in [-0.15, -0.1) is 6.58 Å². The number of hydrogen-bond acceptors (Lipinski definition) is 3. The van der Waals surface area contributed by atoms with Gasteiger partial charge in [0.15, 0.2) is 0 Å². The third kappa shape index (κ3) is 1.90. The minimum absolute atomic E-state index is 0.588. The van der Waals surface area contributed by atoms with Gasteiger partial charge in [0.05, 0.1) is 0 Å². The number of aromatic nitrogens is 1. The molecule has 2 N–H and O–H groups in total. The van der Waals surface area contributed by atoms with Crippen LogP contribution in [-0.2, 0) is 0 Å². The van der Waals surface area contributed by atoms with Crippen LogP contribution in [0, 0.1) is 0 Å². The highest BCUT2D eigenvalue weighted by molar-refractivity contribution is 5.14. The lowest BCUT2D eigenvalue weighted by Gasteiger charge is -2.13. The minimum atomic E-state index is -0.936. The molecule has 1 heterocycles. The molecule has 2 unspecified atom stereocenters. The Morgan fingerprint density at radius 3 is 2.75 bits per heavy atom. The summed E-state index contributed by atoms with van der Waals surface area (Å²) in [6, 6.07) is 3.40. The first-order valence-corrected chi connectivity index (χ1v) is 3.64. The van der Waals surface area contributed by atoms with Crippen molar-refractivity contribution in [1.29, 1.82) is 0 Å². The number of aliphatic hydroxyl groups is 2. The molecule has 0 saturated heterocycles.